The molecule has 0 saturated heterocycles. The first-order valence-electron chi connectivity index (χ1n) is 10.2. The molecule has 0 spiro atoms. The summed E-state index contributed by atoms with van der Waals surface area (Å²) in [6.45, 7) is 3.70. The van der Waals surface area contributed by atoms with Crippen molar-refractivity contribution < 1.29 is 34.2 Å². The molecular weight excluding hydrogens is 428 g/mol. The van der Waals surface area contributed by atoms with Crippen LogP contribution in [0.4, 0.5) is 4.79 Å². The Hall–Kier alpha value is -3.85. The molecule has 0 aromatic heterocycles. The van der Waals surface area contributed by atoms with E-state index in [0.29, 0.717) is 24.0 Å². The van der Waals surface area contributed by atoms with E-state index in [1.807, 2.05) is 13.8 Å². The molecule has 0 aliphatic heterocycles. The third-order valence-corrected chi connectivity index (χ3v) is 5.03. The fourth-order valence-electron chi connectivity index (χ4n) is 3.25. The van der Waals surface area contributed by atoms with Gasteiger partial charge in [0, 0.05) is 17.1 Å². The predicted octanol–water partition coefficient (Wildman–Crippen LogP) is 3.88. The van der Waals surface area contributed by atoms with E-state index in [9.17, 15) is 19.5 Å². The van der Waals surface area contributed by atoms with E-state index in [1.165, 1.54) is 24.7 Å². The molecule has 3 amide bonds. The molecule has 0 aliphatic carbocycles. The number of allylic oxidation sites excluding steroid dienone is 1. The van der Waals surface area contributed by atoms with Crippen LogP contribution in [0.2, 0.25) is 0 Å². The molecule has 0 fully saturated rings. The van der Waals surface area contributed by atoms with Gasteiger partial charge in [0.1, 0.15) is 6.10 Å². The van der Waals surface area contributed by atoms with Crippen LogP contribution >= 0.6 is 0 Å². The lowest BCUT2D eigenvalue weighted by molar-refractivity contribution is -0.124. The Balaban J connectivity index is 2.23. The third-order valence-electron chi connectivity index (χ3n) is 5.03. The second kappa shape index (κ2) is 11.7. The molecule has 176 valence electrons. The SMILES string of the molecule is COc1ccc([C@@H](OC(=O)NC(=O)c2ccccc2)C(C)(C)CC/C=C/C(=O)NO)cc1O. The molecule has 4 N–H and O–H groups in total. The van der Waals surface area contributed by atoms with Gasteiger partial charge in [0.25, 0.3) is 11.8 Å². The van der Waals surface area contributed by atoms with Crippen LogP contribution < -0.4 is 15.5 Å². The number of ether oxygens (including phenoxy) is 2. The first-order chi connectivity index (χ1) is 15.7. The Labute approximate surface area is 192 Å². The molecule has 0 heterocycles. The van der Waals surface area contributed by atoms with Crippen molar-refractivity contribution >= 4 is 17.9 Å². The minimum atomic E-state index is -0.938. The van der Waals surface area contributed by atoms with Crippen LogP contribution in [0, 0.1) is 5.41 Å². The lowest BCUT2D eigenvalue weighted by Gasteiger charge is -2.34. The maximum atomic E-state index is 12.6. The van der Waals surface area contributed by atoms with Gasteiger partial charge in [-0.2, -0.15) is 0 Å². The summed E-state index contributed by atoms with van der Waals surface area (Å²) in [4.78, 5) is 36.1. The molecule has 1 atom stereocenters. The number of rotatable bonds is 9. The molecule has 33 heavy (non-hydrogen) atoms. The maximum Gasteiger partial charge on any atom is 0.414 e. The number of hydrogen-bond donors (Lipinski definition) is 4. The first kappa shape index (κ1) is 25.4. The smallest absolute Gasteiger partial charge is 0.414 e. The number of amides is 3. The quantitative estimate of drug-likeness (QED) is 0.256. The van der Waals surface area contributed by atoms with E-state index in [2.05, 4.69) is 5.32 Å². The van der Waals surface area contributed by atoms with Crippen molar-refractivity contribution in [1.29, 1.82) is 0 Å². The monoisotopic (exact) mass is 456 g/mol. The zero-order valence-electron chi connectivity index (χ0n) is 18.7. The minimum Gasteiger partial charge on any atom is -0.504 e. The molecule has 0 unspecified atom stereocenters. The van der Waals surface area contributed by atoms with Crippen LogP contribution in [-0.4, -0.2) is 35.3 Å². The van der Waals surface area contributed by atoms with E-state index in [-0.39, 0.29) is 11.5 Å². The molecule has 9 heteroatoms. The van der Waals surface area contributed by atoms with Gasteiger partial charge < -0.3 is 14.6 Å². The summed E-state index contributed by atoms with van der Waals surface area (Å²) in [7, 11) is 1.42. The van der Waals surface area contributed by atoms with Gasteiger partial charge in [-0.05, 0) is 42.7 Å². The second-order valence-electron chi connectivity index (χ2n) is 7.94. The van der Waals surface area contributed by atoms with Crippen LogP contribution in [0.3, 0.4) is 0 Å². The van der Waals surface area contributed by atoms with Gasteiger partial charge in [-0.25, -0.2) is 10.3 Å². The number of carbonyl (C=O) groups is 3. The van der Waals surface area contributed by atoms with Crippen LogP contribution in [0.25, 0.3) is 0 Å². The fourth-order valence-corrected chi connectivity index (χ4v) is 3.25. The number of phenolic OH excluding ortho intramolecular Hbond substituents is 1. The van der Waals surface area contributed by atoms with Crippen molar-refractivity contribution in [3.8, 4) is 11.5 Å². The molecular formula is C24H28N2O7. The third kappa shape index (κ3) is 7.36. The molecule has 0 radical (unpaired) electrons. The highest BCUT2D eigenvalue weighted by atomic mass is 16.6. The average molecular weight is 456 g/mol. The molecule has 0 saturated carbocycles. The Morgan fingerprint density at radius 3 is 2.42 bits per heavy atom. The van der Waals surface area contributed by atoms with Crippen molar-refractivity contribution in [3.63, 3.8) is 0 Å². The second-order valence-corrected chi connectivity index (χ2v) is 7.94. The molecule has 9 nitrogen and oxygen atoms in total. The van der Waals surface area contributed by atoms with Crippen molar-refractivity contribution in [3.05, 3.63) is 71.8 Å². The Bertz CT molecular complexity index is 1000. The number of hydrogen-bond acceptors (Lipinski definition) is 7. The summed E-state index contributed by atoms with van der Waals surface area (Å²) in [5.74, 6) is -1.12. The highest BCUT2D eigenvalue weighted by Crippen LogP contribution is 2.42. The number of phenols is 1. The summed E-state index contributed by atoms with van der Waals surface area (Å²) in [6.07, 6.45) is 1.89. The fraction of sp³-hybridized carbons (Fsp3) is 0.292. The van der Waals surface area contributed by atoms with E-state index < -0.39 is 29.4 Å². The molecule has 0 aliphatic rings. The summed E-state index contributed by atoms with van der Waals surface area (Å²) >= 11 is 0. The number of carbonyl (C=O) groups excluding carboxylic acids is 3. The van der Waals surface area contributed by atoms with Crippen LogP contribution in [0.1, 0.15) is 48.7 Å². The highest BCUT2D eigenvalue weighted by Gasteiger charge is 2.34. The number of alkyl carbamates (subject to hydrolysis) is 1. The highest BCUT2D eigenvalue weighted by molar-refractivity contribution is 6.02. The normalized spacial score (nSPS) is 12.1. The summed E-state index contributed by atoms with van der Waals surface area (Å²) in [5.41, 5.74) is 1.64. The van der Waals surface area contributed by atoms with Crippen LogP contribution in [0.15, 0.2) is 60.7 Å². The van der Waals surface area contributed by atoms with Crippen molar-refractivity contribution in [2.75, 3.05) is 7.11 Å². The summed E-state index contributed by atoms with van der Waals surface area (Å²) in [5, 5.41) is 21.0. The topological polar surface area (TPSA) is 134 Å². The lowest BCUT2D eigenvalue weighted by atomic mass is 9.78. The Morgan fingerprint density at radius 2 is 1.82 bits per heavy atom. The van der Waals surface area contributed by atoms with Gasteiger partial charge in [-0.1, -0.05) is 44.2 Å². The van der Waals surface area contributed by atoms with Crippen LogP contribution in [0.5, 0.6) is 11.5 Å². The number of hydroxylamine groups is 1. The van der Waals surface area contributed by atoms with Gasteiger partial charge in [0.15, 0.2) is 11.5 Å². The minimum absolute atomic E-state index is 0.125. The zero-order valence-corrected chi connectivity index (χ0v) is 18.7. The first-order valence-corrected chi connectivity index (χ1v) is 10.2. The summed E-state index contributed by atoms with van der Waals surface area (Å²) < 4.78 is 10.7. The predicted molar refractivity (Wildman–Crippen MR) is 120 cm³/mol. The summed E-state index contributed by atoms with van der Waals surface area (Å²) in [6, 6.07) is 12.9. The largest absolute Gasteiger partial charge is 0.504 e. The Morgan fingerprint density at radius 1 is 1.12 bits per heavy atom. The maximum absolute atomic E-state index is 12.6. The number of benzene rings is 2. The van der Waals surface area contributed by atoms with Gasteiger partial charge >= 0.3 is 6.09 Å². The van der Waals surface area contributed by atoms with E-state index in [0.717, 1.165) is 0 Å². The number of methoxy groups -OCH3 is 1. The van der Waals surface area contributed by atoms with Crippen molar-refractivity contribution in [1.82, 2.24) is 10.8 Å². The number of nitrogens with one attached hydrogen (secondary N) is 2. The molecule has 2 aromatic carbocycles. The molecule has 0 bridgehead atoms. The van der Waals surface area contributed by atoms with Gasteiger partial charge in [-0.15, -0.1) is 0 Å². The van der Waals surface area contributed by atoms with Gasteiger partial charge in [0.05, 0.1) is 7.11 Å². The van der Waals surface area contributed by atoms with Crippen LogP contribution in [-0.2, 0) is 9.53 Å². The lowest BCUT2D eigenvalue weighted by Crippen LogP contribution is -2.35. The number of aromatic hydroxyl groups is 1. The van der Waals surface area contributed by atoms with Crippen molar-refractivity contribution in [2.45, 2.75) is 32.8 Å². The standard InChI is InChI=1S/C24H28N2O7/c1-24(2,14-8-7-11-20(28)26-31)21(17-12-13-19(32-3)18(27)15-17)33-23(30)25-22(29)16-9-5-4-6-10-16/h4-7,9-13,15,21,27,31H,8,14H2,1-3H3,(H,26,28)(H,25,29,30)/b11-7+/t21-/m1/s1. The van der Waals surface area contributed by atoms with E-state index in [4.69, 9.17) is 14.7 Å². The van der Waals surface area contributed by atoms with Gasteiger partial charge in [0.2, 0.25) is 0 Å². The van der Waals surface area contributed by atoms with Gasteiger partial charge in [-0.3, -0.25) is 20.1 Å². The Kier molecular flexibility index (Phi) is 8.99. The number of imide groups is 1. The van der Waals surface area contributed by atoms with E-state index in [1.54, 1.807) is 48.5 Å². The molecule has 2 rings (SSSR count). The van der Waals surface area contributed by atoms with Crippen molar-refractivity contribution in [2.24, 2.45) is 5.41 Å². The van der Waals surface area contributed by atoms with E-state index >= 15 is 0 Å². The zero-order chi connectivity index (χ0) is 24.4. The molecule has 2 aromatic rings. The average Bonchev–Trinajstić information content (AvgIpc) is 2.80.